The summed E-state index contributed by atoms with van der Waals surface area (Å²) >= 11 is 0. The molecule has 0 bridgehead atoms. The predicted octanol–water partition coefficient (Wildman–Crippen LogP) is -0.171. The van der Waals surface area contributed by atoms with E-state index in [0.717, 1.165) is 39.1 Å². The zero-order valence-electron chi connectivity index (χ0n) is 15.4. The lowest BCUT2D eigenvalue weighted by Crippen LogP contribution is -2.60. The fourth-order valence-corrected chi connectivity index (χ4v) is 4.47. The maximum Gasteiger partial charge on any atom is 0.234 e. The summed E-state index contributed by atoms with van der Waals surface area (Å²) in [6.07, 6.45) is 5.56. The summed E-state index contributed by atoms with van der Waals surface area (Å²) in [5, 5.41) is 13.1. The van der Waals surface area contributed by atoms with Crippen molar-refractivity contribution in [2.75, 3.05) is 59.7 Å². The van der Waals surface area contributed by atoms with Crippen LogP contribution in [0.25, 0.3) is 0 Å². The van der Waals surface area contributed by atoms with Crippen molar-refractivity contribution >= 4 is 5.91 Å². The maximum atomic E-state index is 12.5. The van der Waals surface area contributed by atoms with Gasteiger partial charge in [0.25, 0.3) is 0 Å². The van der Waals surface area contributed by atoms with Crippen LogP contribution in [0.3, 0.4) is 0 Å². The minimum absolute atomic E-state index is 0.0276. The molecule has 1 aliphatic carbocycles. The van der Waals surface area contributed by atoms with E-state index in [4.69, 9.17) is 9.47 Å². The van der Waals surface area contributed by atoms with Crippen molar-refractivity contribution in [1.29, 1.82) is 0 Å². The molecule has 2 saturated heterocycles. The minimum atomic E-state index is -0.504. The Hall–Kier alpha value is -0.730. The minimum Gasteiger partial charge on any atom is -0.389 e. The highest BCUT2D eigenvalue weighted by Gasteiger charge is 2.39. The molecule has 7 nitrogen and oxygen atoms in total. The number of amides is 1. The summed E-state index contributed by atoms with van der Waals surface area (Å²) in [5.74, 6) is 0.0276. The second-order valence-corrected chi connectivity index (χ2v) is 7.75. The molecule has 1 saturated carbocycles. The summed E-state index contributed by atoms with van der Waals surface area (Å²) < 4.78 is 10.8. The molecule has 2 aliphatic heterocycles. The van der Waals surface area contributed by atoms with Gasteiger partial charge in [-0.25, -0.2) is 0 Å². The molecule has 2 atom stereocenters. The van der Waals surface area contributed by atoms with Gasteiger partial charge in [-0.05, 0) is 19.9 Å². The standard InChI is InChI=1S/C18H33N3O4/c1-20(15-12-25-13-16(15)22)11-17(23)19-14-18(5-3-2-4-6-18)21-7-9-24-10-8-21/h15-16,22H,2-14H2,1H3,(H,19,23)/t15-,16-/m1/s1. The van der Waals surface area contributed by atoms with Crippen molar-refractivity contribution in [2.24, 2.45) is 0 Å². The monoisotopic (exact) mass is 355 g/mol. The van der Waals surface area contributed by atoms with E-state index in [0.29, 0.717) is 26.3 Å². The quantitative estimate of drug-likeness (QED) is 0.689. The number of ether oxygens (including phenoxy) is 2. The van der Waals surface area contributed by atoms with Gasteiger partial charge in [0.05, 0.1) is 45.1 Å². The lowest BCUT2D eigenvalue weighted by atomic mass is 9.79. The number of carbonyl (C=O) groups excluding carboxylic acids is 1. The van der Waals surface area contributed by atoms with E-state index in [2.05, 4.69) is 10.2 Å². The Kier molecular flexibility index (Phi) is 6.68. The van der Waals surface area contributed by atoms with Crippen LogP contribution >= 0.6 is 0 Å². The molecule has 2 N–H and O–H groups in total. The van der Waals surface area contributed by atoms with Gasteiger partial charge < -0.3 is 19.9 Å². The third-order valence-corrected chi connectivity index (χ3v) is 6.06. The number of carbonyl (C=O) groups is 1. The van der Waals surface area contributed by atoms with Crippen molar-refractivity contribution < 1.29 is 19.4 Å². The first-order valence-corrected chi connectivity index (χ1v) is 9.66. The van der Waals surface area contributed by atoms with Crippen LogP contribution in [0.15, 0.2) is 0 Å². The van der Waals surface area contributed by atoms with Gasteiger partial charge in [0, 0.05) is 25.2 Å². The predicted molar refractivity (Wildman–Crippen MR) is 94.5 cm³/mol. The third kappa shape index (κ3) is 4.71. The van der Waals surface area contributed by atoms with Crippen LogP contribution in [0.4, 0.5) is 0 Å². The van der Waals surface area contributed by atoms with Crippen LogP contribution in [-0.2, 0) is 14.3 Å². The number of nitrogens with one attached hydrogen (secondary N) is 1. The van der Waals surface area contributed by atoms with Crippen molar-refractivity contribution in [2.45, 2.75) is 49.8 Å². The van der Waals surface area contributed by atoms with Crippen molar-refractivity contribution in [3.8, 4) is 0 Å². The number of hydrogen-bond donors (Lipinski definition) is 2. The largest absolute Gasteiger partial charge is 0.389 e. The topological polar surface area (TPSA) is 74.3 Å². The summed E-state index contributed by atoms with van der Waals surface area (Å²) in [4.78, 5) is 16.9. The van der Waals surface area contributed by atoms with E-state index in [-0.39, 0.29) is 17.5 Å². The molecule has 0 aromatic carbocycles. The number of likely N-dealkylation sites (N-methyl/N-ethyl adjacent to an activating group) is 1. The summed E-state index contributed by atoms with van der Waals surface area (Å²) in [6, 6.07) is -0.0892. The lowest BCUT2D eigenvalue weighted by molar-refractivity contribution is -0.124. The van der Waals surface area contributed by atoms with Crippen LogP contribution in [-0.4, -0.2) is 98.2 Å². The Morgan fingerprint density at radius 2 is 1.92 bits per heavy atom. The van der Waals surface area contributed by atoms with Gasteiger partial charge in [-0.2, -0.15) is 0 Å². The second-order valence-electron chi connectivity index (χ2n) is 7.75. The van der Waals surface area contributed by atoms with E-state index in [9.17, 15) is 9.90 Å². The van der Waals surface area contributed by atoms with E-state index in [1.807, 2.05) is 11.9 Å². The van der Waals surface area contributed by atoms with Gasteiger partial charge in [0.1, 0.15) is 0 Å². The molecule has 0 aromatic rings. The molecule has 7 heteroatoms. The van der Waals surface area contributed by atoms with E-state index >= 15 is 0 Å². The number of aliphatic hydroxyl groups is 1. The summed E-state index contributed by atoms with van der Waals surface area (Å²) in [7, 11) is 1.88. The first kappa shape index (κ1) is 19.0. The fraction of sp³-hybridized carbons (Fsp3) is 0.944. The summed E-state index contributed by atoms with van der Waals surface area (Å²) in [5.41, 5.74) is 0.0895. The molecule has 0 aromatic heterocycles. The van der Waals surface area contributed by atoms with Crippen LogP contribution in [0.1, 0.15) is 32.1 Å². The zero-order valence-corrected chi connectivity index (χ0v) is 15.4. The normalized spacial score (nSPS) is 30.5. The molecule has 2 heterocycles. The smallest absolute Gasteiger partial charge is 0.234 e. The van der Waals surface area contributed by atoms with Crippen LogP contribution in [0, 0.1) is 0 Å². The molecule has 144 valence electrons. The van der Waals surface area contributed by atoms with Crippen LogP contribution < -0.4 is 5.32 Å². The highest BCUT2D eigenvalue weighted by molar-refractivity contribution is 5.78. The van der Waals surface area contributed by atoms with E-state index < -0.39 is 6.10 Å². The van der Waals surface area contributed by atoms with Crippen molar-refractivity contribution in [1.82, 2.24) is 15.1 Å². The maximum absolute atomic E-state index is 12.5. The molecule has 0 radical (unpaired) electrons. The lowest BCUT2D eigenvalue weighted by Gasteiger charge is -2.48. The average Bonchev–Trinajstić information content (AvgIpc) is 3.08. The number of hydrogen-bond acceptors (Lipinski definition) is 6. The Labute approximate surface area is 150 Å². The van der Waals surface area contributed by atoms with Crippen LogP contribution in [0.2, 0.25) is 0 Å². The highest BCUT2D eigenvalue weighted by Crippen LogP contribution is 2.33. The molecule has 0 spiro atoms. The van der Waals surface area contributed by atoms with Gasteiger partial charge in [-0.15, -0.1) is 0 Å². The average molecular weight is 355 g/mol. The Morgan fingerprint density at radius 3 is 2.56 bits per heavy atom. The second kappa shape index (κ2) is 8.77. The number of rotatable bonds is 6. The Bertz CT molecular complexity index is 436. The summed E-state index contributed by atoms with van der Waals surface area (Å²) in [6.45, 7) is 5.35. The van der Waals surface area contributed by atoms with Crippen molar-refractivity contribution in [3.63, 3.8) is 0 Å². The third-order valence-electron chi connectivity index (χ3n) is 6.06. The Balaban J connectivity index is 1.52. The Morgan fingerprint density at radius 1 is 1.20 bits per heavy atom. The molecule has 0 unspecified atom stereocenters. The molecule has 3 fully saturated rings. The fourth-order valence-electron chi connectivity index (χ4n) is 4.47. The van der Waals surface area contributed by atoms with Gasteiger partial charge in [-0.3, -0.25) is 14.6 Å². The number of nitrogens with zero attached hydrogens (tertiary/aromatic N) is 2. The molecule has 3 aliphatic rings. The van der Waals surface area contributed by atoms with Gasteiger partial charge >= 0.3 is 0 Å². The molecule has 25 heavy (non-hydrogen) atoms. The van der Waals surface area contributed by atoms with E-state index in [1.54, 1.807) is 0 Å². The van der Waals surface area contributed by atoms with E-state index in [1.165, 1.54) is 19.3 Å². The SMILES string of the molecule is CN(CC(=O)NCC1(N2CCOCC2)CCCCC1)[C@@H]1COC[C@H]1O. The van der Waals surface area contributed by atoms with Gasteiger partial charge in [0.15, 0.2) is 0 Å². The number of aliphatic hydroxyl groups excluding tert-OH is 1. The number of morpholine rings is 1. The van der Waals surface area contributed by atoms with Crippen LogP contribution in [0.5, 0.6) is 0 Å². The molecule has 3 rings (SSSR count). The highest BCUT2D eigenvalue weighted by atomic mass is 16.5. The molecular formula is C18H33N3O4. The molecular weight excluding hydrogens is 322 g/mol. The van der Waals surface area contributed by atoms with Crippen molar-refractivity contribution in [3.05, 3.63) is 0 Å². The van der Waals surface area contributed by atoms with Gasteiger partial charge in [-0.1, -0.05) is 19.3 Å². The molecule has 1 amide bonds. The first-order valence-electron chi connectivity index (χ1n) is 9.66. The first-order chi connectivity index (χ1) is 12.1. The zero-order chi connectivity index (χ0) is 17.7. The van der Waals surface area contributed by atoms with Gasteiger partial charge in [0.2, 0.25) is 5.91 Å².